The Bertz CT molecular complexity index is 553. The van der Waals surface area contributed by atoms with Crippen molar-refractivity contribution < 1.29 is 13.5 Å². The highest BCUT2D eigenvalue weighted by atomic mass is 19.3. The summed E-state index contributed by atoms with van der Waals surface area (Å²) in [6.07, 6.45) is 4.59. The van der Waals surface area contributed by atoms with Gasteiger partial charge in [0.15, 0.2) is 0 Å². The van der Waals surface area contributed by atoms with Crippen LogP contribution in [-0.2, 0) is 0 Å². The van der Waals surface area contributed by atoms with Gasteiger partial charge in [-0.15, -0.1) is 0 Å². The number of anilines is 1. The van der Waals surface area contributed by atoms with E-state index in [0.29, 0.717) is 0 Å². The number of hydrogen-bond donors (Lipinski definition) is 1. The lowest BCUT2D eigenvalue weighted by atomic mass is 10.0. The van der Waals surface area contributed by atoms with E-state index in [0.717, 1.165) is 24.5 Å². The first-order valence-electron chi connectivity index (χ1n) is 6.05. The Morgan fingerprint density at radius 2 is 2.11 bits per heavy atom. The molecule has 0 amide bonds. The zero-order chi connectivity index (χ0) is 13.2. The normalized spacial score (nSPS) is 17.9. The molecule has 2 heterocycles. The average Bonchev–Trinajstić information content (AvgIpc) is 2.87. The summed E-state index contributed by atoms with van der Waals surface area (Å²) in [5, 5.41) is 3.21. The Labute approximate surface area is 109 Å². The Hall–Kier alpha value is -2.11. The second-order valence-corrected chi connectivity index (χ2v) is 4.34. The Morgan fingerprint density at radius 1 is 1.32 bits per heavy atom. The van der Waals surface area contributed by atoms with E-state index >= 15 is 0 Å². The van der Waals surface area contributed by atoms with E-state index in [9.17, 15) is 8.78 Å². The molecule has 1 aromatic heterocycles. The van der Waals surface area contributed by atoms with Crippen molar-refractivity contribution >= 4 is 5.95 Å². The van der Waals surface area contributed by atoms with Crippen molar-refractivity contribution in [1.82, 2.24) is 9.55 Å². The van der Waals surface area contributed by atoms with Crippen LogP contribution in [0.3, 0.4) is 0 Å². The lowest BCUT2D eigenvalue weighted by molar-refractivity contribution is -0.0498. The SMILES string of the molecule is FC(F)Oc1ccc(C2CCNc3nccn32)cc1. The van der Waals surface area contributed by atoms with Gasteiger partial charge in [0.25, 0.3) is 0 Å². The molecule has 0 fully saturated rings. The smallest absolute Gasteiger partial charge is 0.387 e. The standard InChI is InChI=1S/C13H13F2N3O/c14-12(15)19-10-3-1-9(2-4-10)11-5-6-16-13-17-7-8-18(11)13/h1-4,7-8,11-12H,5-6H2,(H,16,17). The van der Waals surface area contributed by atoms with Gasteiger partial charge in [-0.25, -0.2) is 4.98 Å². The van der Waals surface area contributed by atoms with Crippen LogP contribution in [0.2, 0.25) is 0 Å². The van der Waals surface area contributed by atoms with Crippen LogP contribution in [0.1, 0.15) is 18.0 Å². The van der Waals surface area contributed by atoms with Crippen LogP contribution in [0.5, 0.6) is 5.75 Å². The molecule has 1 aliphatic heterocycles. The van der Waals surface area contributed by atoms with Gasteiger partial charge >= 0.3 is 6.61 Å². The summed E-state index contributed by atoms with van der Waals surface area (Å²) in [4.78, 5) is 4.22. The molecule has 0 saturated carbocycles. The van der Waals surface area contributed by atoms with Crippen molar-refractivity contribution in [2.45, 2.75) is 19.1 Å². The molecule has 6 heteroatoms. The van der Waals surface area contributed by atoms with Gasteiger partial charge in [0.05, 0.1) is 6.04 Å². The van der Waals surface area contributed by atoms with Crippen molar-refractivity contribution in [2.24, 2.45) is 0 Å². The van der Waals surface area contributed by atoms with Gasteiger partial charge in [-0.05, 0) is 24.1 Å². The molecule has 0 radical (unpaired) electrons. The van der Waals surface area contributed by atoms with Crippen molar-refractivity contribution in [3.05, 3.63) is 42.2 Å². The minimum absolute atomic E-state index is 0.179. The lowest BCUT2D eigenvalue weighted by Gasteiger charge is -2.26. The number of hydrogen-bond acceptors (Lipinski definition) is 3. The summed E-state index contributed by atoms with van der Waals surface area (Å²) >= 11 is 0. The number of imidazole rings is 1. The van der Waals surface area contributed by atoms with Gasteiger partial charge in [0, 0.05) is 18.9 Å². The van der Waals surface area contributed by atoms with E-state index in [-0.39, 0.29) is 11.8 Å². The predicted octanol–water partition coefficient (Wildman–Crippen LogP) is 2.89. The number of nitrogens with one attached hydrogen (secondary N) is 1. The van der Waals surface area contributed by atoms with Crippen LogP contribution >= 0.6 is 0 Å². The van der Waals surface area contributed by atoms with E-state index in [1.165, 1.54) is 0 Å². The number of rotatable bonds is 3. The second kappa shape index (κ2) is 4.87. The van der Waals surface area contributed by atoms with Crippen molar-refractivity contribution in [1.29, 1.82) is 0 Å². The zero-order valence-electron chi connectivity index (χ0n) is 10.1. The van der Waals surface area contributed by atoms with Crippen molar-refractivity contribution in [3.8, 4) is 5.75 Å². The van der Waals surface area contributed by atoms with Crippen molar-refractivity contribution in [3.63, 3.8) is 0 Å². The molecular weight excluding hydrogens is 252 g/mol. The fourth-order valence-electron chi connectivity index (χ4n) is 2.36. The quantitative estimate of drug-likeness (QED) is 0.927. The number of fused-ring (bicyclic) bond motifs is 1. The van der Waals surface area contributed by atoms with Crippen LogP contribution in [0.15, 0.2) is 36.7 Å². The molecule has 1 atom stereocenters. The number of halogens is 2. The minimum Gasteiger partial charge on any atom is -0.435 e. The summed E-state index contributed by atoms with van der Waals surface area (Å²) in [5.74, 6) is 1.02. The topological polar surface area (TPSA) is 39.1 Å². The molecule has 3 rings (SSSR count). The molecule has 1 unspecified atom stereocenters. The second-order valence-electron chi connectivity index (χ2n) is 4.34. The molecule has 0 aliphatic carbocycles. The van der Waals surface area contributed by atoms with Crippen LogP contribution < -0.4 is 10.1 Å². The maximum atomic E-state index is 12.1. The third-order valence-corrected chi connectivity index (χ3v) is 3.20. The Kier molecular flexibility index (Phi) is 3.06. The molecule has 19 heavy (non-hydrogen) atoms. The molecule has 2 aromatic rings. The van der Waals surface area contributed by atoms with Crippen LogP contribution in [-0.4, -0.2) is 22.7 Å². The lowest BCUT2D eigenvalue weighted by Crippen LogP contribution is -2.23. The summed E-state index contributed by atoms with van der Waals surface area (Å²) in [6, 6.07) is 6.95. The Morgan fingerprint density at radius 3 is 2.84 bits per heavy atom. The highest BCUT2D eigenvalue weighted by Crippen LogP contribution is 2.29. The molecule has 4 nitrogen and oxygen atoms in total. The van der Waals surface area contributed by atoms with Gasteiger partial charge in [-0.3, -0.25) is 0 Å². The number of benzene rings is 1. The molecule has 0 bridgehead atoms. The van der Waals surface area contributed by atoms with Crippen LogP contribution in [0.25, 0.3) is 0 Å². The first kappa shape index (κ1) is 12.0. The maximum Gasteiger partial charge on any atom is 0.387 e. The van der Waals surface area contributed by atoms with Gasteiger partial charge < -0.3 is 14.6 Å². The molecule has 1 N–H and O–H groups in total. The summed E-state index contributed by atoms with van der Waals surface area (Å²) in [6.45, 7) is -1.94. The van der Waals surface area contributed by atoms with E-state index < -0.39 is 6.61 Å². The molecular formula is C13H13F2N3O. The van der Waals surface area contributed by atoms with Crippen molar-refractivity contribution in [2.75, 3.05) is 11.9 Å². The van der Waals surface area contributed by atoms with Gasteiger partial charge in [0.2, 0.25) is 5.95 Å². The highest BCUT2D eigenvalue weighted by Gasteiger charge is 2.20. The van der Waals surface area contributed by atoms with Gasteiger partial charge in [-0.1, -0.05) is 12.1 Å². The summed E-state index contributed by atoms with van der Waals surface area (Å²) < 4.78 is 30.6. The monoisotopic (exact) mass is 265 g/mol. The average molecular weight is 265 g/mol. The number of nitrogens with zero attached hydrogens (tertiary/aromatic N) is 2. The third kappa shape index (κ3) is 2.38. The van der Waals surface area contributed by atoms with Crippen LogP contribution in [0, 0.1) is 0 Å². The molecule has 1 aromatic carbocycles. The summed E-state index contributed by atoms with van der Waals surface area (Å²) in [5.41, 5.74) is 1.06. The fraction of sp³-hybridized carbons (Fsp3) is 0.308. The van der Waals surface area contributed by atoms with E-state index in [1.807, 2.05) is 22.9 Å². The first-order chi connectivity index (χ1) is 9.24. The molecule has 1 aliphatic rings. The van der Waals surface area contributed by atoms with E-state index in [4.69, 9.17) is 0 Å². The van der Waals surface area contributed by atoms with E-state index in [2.05, 4.69) is 15.0 Å². The largest absolute Gasteiger partial charge is 0.435 e. The first-order valence-corrected chi connectivity index (χ1v) is 6.05. The molecule has 0 saturated heterocycles. The third-order valence-electron chi connectivity index (χ3n) is 3.20. The maximum absolute atomic E-state index is 12.1. The zero-order valence-corrected chi connectivity index (χ0v) is 10.1. The summed E-state index contributed by atoms with van der Waals surface area (Å²) in [7, 11) is 0. The van der Waals surface area contributed by atoms with Gasteiger partial charge in [0.1, 0.15) is 5.75 Å². The fourth-order valence-corrected chi connectivity index (χ4v) is 2.36. The number of aromatic nitrogens is 2. The minimum atomic E-state index is -2.79. The predicted molar refractivity (Wildman–Crippen MR) is 66.5 cm³/mol. The van der Waals surface area contributed by atoms with Gasteiger partial charge in [-0.2, -0.15) is 8.78 Å². The molecule has 100 valence electrons. The van der Waals surface area contributed by atoms with E-state index in [1.54, 1.807) is 18.3 Å². The number of ether oxygens (including phenoxy) is 1. The molecule has 0 spiro atoms. The number of alkyl halides is 2. The highest BCUT2D eigenvalue weighted by molar-refractivity contribution is 5.36. The van der Waals surface area contributed by atoms with Crippen LogP contribution in [0.4, 0.5) is 14.7 Å². The Balaban J connectivity index is 1.84.